The number of hydrogen-bond donors (Lipinski definition) is 0. The molecule has 0 aliphatic carbocycles. The fourth-order valence-corrected chi connectivity index (χ4v) is 3.10. The number of aryl methyl sites for hydroxylation is 1. The summed E-state index contributed by atoms with van der Waals surface area (Å²) in [6, 6.07) is 0. The van der Waals surface area contributed by atoms with Crippen LogP contribution in [0, 0.1) is 6.92 Å². The third-order valence-electron chi connectivity index (χ3n) is 1.90. The second kappa shape index (κ2) is 3.36. The van der Waals surface area contributed by atoms with Crippen LogP contribution in [-0.2, 0) is 0 Å². The highest BCUT2D eigenvalue weighted by molar-refractivity contribution is 9.11. The summed E-state index contributed by atoms with van der Waals surface area (Å²) >= 11 is 6.46. The molecule has 4 nitrogen and oxygen atoms in total. The number of aromatic nitrogens is 4. The maximum atomic E-state index is 4.45. The Morgan fingerprint density at radius 2 is 2.20 bits per heavy atom. The molecule has 3 rings (SSSR count). The number of imidazole rings is 1. The molecule has 0 spiro atoms. The van der Waals surface area contributed by atoms with Crippen molar-refractivity contribution in [1.29, 1.82) is 0 Å². The second-order valence-electron chi connectivity index (χ2n) is 2.96. The van der Waals surface area contributed by atoms with E-state index in [2.05, 4.69) is 31.0 Å². The van der Waals surface area contributed by atoms with E-state index in [9.17, 15) is 0 Å². The minimum absolute atomic E-state index is 0.839. The number of rotatable bonds is 1. The zero-order chi connectivity index (χ0) is 10.4. The van der Waals surface area contributed by atoms with E-state index in [4.69, 9.17) is 0 Å². The van der Waals surface area contributed by atoms with Gasteiger partial charge >= 0.3 is 0 Å². The summed E-state index contributed by atoms with van der Waals surface area (Å²) in [5, 5.41) is 7.29. The van der Waals surface area contributed by atoms with Crippen LogP contribution in [0.25, 0.3) is 16.3 Å². The standard InChI is InChI=1S/C8H5BrN4S2/c1-4-10-6(3-14-4)5-2-13-8(11-5)15-7(9)12-13/h2-3H,1H3. The SMILES string of the molecule is Cc1nc(-c2cn3nc(Br)sc3n2)cs1. The van der Waals surface area contributed by atoms with E-state index in [0.29, 0.717) is 0 Å². The molecule has 0 saturated carbocycles. The highest BCUT2D eigenvalue weighted by atomic mass is 79.9. The zero-order valence-electron chi connectivity index (χ0n) is 7.64. The van der Waals surface area contributed by atoms with Gasteiger partial charge in [0, 0.05) is 5.38 Å². The molecular weight excluding hydrogens is 296 g/mol. The van der Waals surface area contributed by atoms with Crippen LogP contribution < -0.4 is 0 Å². The Bertz CT molecular complexity index is 592. The molecule has 15 heavy (non-hydrogen) atoms. The summed E-state index contributed by atoms with van der Waals surface area (Å²) in [5.74, 6) is 0. The lowest BCUT2D eigenvalue weighted by Gasteiger charge is -1.84. The predicted octanol–water partition coefficient (Wildman–Crippen LogP) is 2.99. The van der Waals surface area contributed by atoms with Gasteiger partial charge in [-0.1, -0.05) is 11.3 Å². The van der Waals surface area contributed by atoms with Gasteiger partial charge in [0.15, 0.2) is 3.92 Å². The molecule has 7 heteroatoms. The first-order valence-electron chi connectivity index (χ1n) is 4.16. The molecule has 0 radical (unpaired) electrons. The first-order valence-corrected chi connectivity index (χ1v) is 6.65. The lowest BCUT2D eigenvalue weighted by atomic mass is 10.4. The van der Waals surface area contributed by atoms with Gasteiger partial charge < -0.3 is 0 Å². The average molecular weight is 301 g/mol. The first-order chi connectivity index (χ1) is 7.22. The molecule has 0 bridgehead atoms. The molecule has 0 atom stereocenters. The fraction of sp³-hybridized carbons (Fsp3) is 0.125. The van der Waals surface area contributed by atoms with Crippen molar-refractivity contribution in [3.8, 4) is 11.4 Å². The minimum atomic E-state index is 0.839. The van der Waals surface area contributed by atoms with Gasteiger partial charge in [0.2, 0.25) is 4.96 Å². The molecule has 0 fully saturated rings. The van der Waals surface area contributed by atoms with Crippen LogP contribution in [0.5, 0.6) is 0 Å². The summed E-state index contributed by atoms with van der Waals surface area (Å²) < 4.78 is 2.60. The lowest BCUT2D eigenvalue weighted by molar-refractivity contribution is 0.959. The molecule has 0 saturated heterocycles. The van der Waals surface area contributed by atoms with Crippen LogP contribution in [0.3, 0.4) is 0 Å². The highest BCUT2D eigenvalue weighted by Gasteiger charge is 2.10. The molecule has 0 aromatic carbocycles. The number of nitrogens with zero attached hydrogens (tertiary/aromatic N) is 4. The maximum Gasteiger partial charge on any atom is 0.213 e. The van der Waals surface area contributed by atoms with Gasteiger partial charge in [0.05, 0.1) is 11.2 Å². The van der Waals surface area contributed by atoms with Crippen LogP contribution in [0.2, 0.25) is 0 Å². The second-order valence-corrected chi connectivity index (χ2v) is 6.25. The van der Waals surface area contributed by atoms with E-state index < -0.39 is 0 Å². The molecule has 0 aliphatic heterocycles. The quantitative estimate of drug-likeness (QED) is 0.694. The number of fused-ring (bicyclic) bond motifs is 1. The van der Waals surface area contributed by atoms with E-state index in [1.54, 1.807) is 15.9 Å². The van der Waals surface area contributed by atoms with Gasteiger partial charge in [-0.3, -0.25) is 0 Å². The molecule has 76 valence electrons. The Morgan fingerprint density at radius 1 is 1.33 bits per heavy atom. The van der Waals surface area contributed by atoms with Gasteiger partial charge in [-0.2, -0.15) is 0 Å². The molecule has 3 aromatic rings. The van der Waals surface area contributed by atoms with Gasteiger partial charge in [0.25, 0.3) is 0 Å². The largest absolute Gasteiger partial charge is 0.240 e. The summed E-state index contributed by atoms with van der Waals surface area (Å²) in [4.78, 5) is 9.71. The van der Waals surface area contributed by atoms with Crippen LogP contribution in [-0.4, -0.2) is 19.6 Å². The normalized spacial score (nSPS) is 11.3. The Labute approximate surface area is 102 Å². The van der Waals surface area contributed by atoms with Gasteiger partial charge in [0.1, 0.15) is 11.4 Å². The molecule has 0 amide bonds. The monoisotopic (exact) mass is 300 g/mol. The highest BCUT2D eigenvalue weighted by Crippen LogP contribution is 2.25. The van der Waals surface area contributed by atoms with Crippen LogP contribution >= 0.6 is 38.6 Å². The zero-order valence-corrected chi connectivity index (χ0v) is 10.9. The number of thiazole rings is 1. The van der Waals surface area contributed by atoms with Crippen molar-refractivity contribution in [2.75, 3.05) is 0 Å². The van der Waals surface area contributed by atoms with Crippen LogP contribution in [0.1, 0.15) is 5.01 Å². The Kier molecular flexibility index (Phi) is 2.11. The van der Waals surface area contributed by atoms with Crippen molar-refractivity contribution in [3.05, 3.63) is 20.5 Å². The third kappa shape index (κ3) is 1.60. The fourth-order valence-electron chi connectivity index (χ4n) is 1.28. The molecular formula is C8H5BrN4S2. The van der Waals surface area contributed by atoms with Crippen LogP contribution in [0.15, 0.2) is 15.5 Å². The van der Waals surface area contributed by atoms with Gasteiger partial charge in [-0.15, -0.1) is 16.4 Å². The minimum Gasteiger partial charge on any atom is -0.240 e. The van der Waals surface area contributed by atoms with Crippen molar-refractivity contribution in [2.24, 2.45) is 0 Å². The summed E-state index contributed by atoms with van der Waals surface area (Å²) in [6.45, 7) is 1.99. The molecule has 3 aromatic heterocycles. The van der Waals surface area contributed by atoms with Gasteiger partial charge in [-0.25, -0.2) is 14.5 Å². The van der Waals surface area contributed by atoms with Crippen molar-refractivity contribution in [2.45, 2.75) is 6.92 Å². The van der Waals surface area contributed by atoms with E-state index in [0.717, 1.165) is 25.3 Å². The average Bonchev–Trinajstić information content (AvgIpc) is 2.78. The van der Waals surface area contributed by atoms with Gasteiger partial charge in [-0.05, 0) is 22.9 Å². The number of hydrogen-bond acceptors (Lipinski definition) is 5. The predicted molar refractivity (Wildman–Crippen MR) is 64.4 cm³/mol. The summed E-state index contributed by atoms with van der Waals surface area (Å²) in [7, 11) is 0. The van der Waals surface area contributed by atoms with Crippen molar-refractivity contribution >= 4 is 43.6 Å². The van der Waals surface area contributed by atoms with Crippen molar-refractivity contribution in [3.63, 3.8) is 0 Å². The molecule has 0 unspecified atom stereocenters. The topological polar surface area (TPSA) is 43.1 Å². The molecule has 3 heterocycles. The third-order valence-corrected chi connectivity index (χ3v) is 4.03. The van der Waals surface area contributed by atoms with Crippen LogP contribution in [0.4, 0.5) is 0 Å². The summed E-state index contributed by atoms with van der Waals surface area (Å²) in [6.07, 6.45) is 1.89. The van der Waals surface area contributed by atoms with E-state index >= 15 is 0 Å². The van der Waals surface area contributed by atoms with E-state index in [1.807, 2.05) is 18.5 Å². The van der Waals surface area contributed by atoms with Crippen molar-refractivity contribution in [1.82, 2.24) is 19.6 Å². The van der Waals surface area contributed by atoms with E-state index in [-0.39, 0.29) is 0 Å². The maximum absolute atomic E-state index is 4.45. The van der Waals surface area contributed by atoms with E-state index in [1.165, 1.54) is 11.3 Å². The Hall–Kier alpha value is -0.790. The Morgan fingerprint density at radius 3 is 2.87 bits per heavy atom. The number of halogens is 1. The molecule has 0 aliphatic rings. The first kappa shape index (κ1) is 9.44. The van der Waals surface area contributed by atoms with Crippen molar-refractivity contribution < 1.29 is 0 Å². The molecule has 0 N–H and O–H groups in total. The lowest BCUT2D eigenvalue weighted by Crippen LogP contribution is -1.79. The Balaban J connectivity index is 2.15. The summed E-state index contributed by atoms with van der Waals surface area (Å²) in [5.41, 5.74) is 1.80. The smallest absolute Gasteiger partial charge is 0.213 e.